The average Bonchev–Trinajstić information content (AvgIpc) is 2.76. The molecule has 0 aliphatic heterocycles. The molecule has 0 saturated heterocycles. The highest BCUT2D eigenvalue weighted by atomic mass is 16.5. The highest BCUT2D eigenvalue weighted by Crippen LogP contribution is 2.21. The molecule has 1 unspecified atom stereocenters. The molecular weight excluding hydrogens is 348 g/mol. The molecule has 0 bridgehead atoms. The number of aliphatic imine (C=N–C) groups is 1. The third kappa shape index (κ3) is 5.00. The van der Waals surface area contributed by atoms with Gasteiger partial charge in [0.05, 0.1) is 19.3 Å². The molecule has 1 aromatic heterocycles. The second-order valence-electron chi connectivity index (χ2n) is 6.79. The van der Waals surface area contributed by atoms with E-state index in [0.29, 0.717) is 12.5 Å². The van der Waals surface area contributed by atoms with E-state index < -0.39 is 0 Å². The molecule has 0 spiro atoms. The largest absolute Gasteiger partial charge is 0.497 e. The van der Waals surface area contributed by atoms with Gasteiger partial charge in [0.2, 0.25) is 0 Å². The molecule has 1 heterocycles. The monoisotopic (exact) mass is 376 g/mol. The van der Waals surface area contributed by atoms with Crippen molar-refractivity contribution < 1.29 is 4.74 Å². The Labute approximate surface area is 166 Å². The normalized spacial score (nSPS) is 12.6. The molecule has 0 saturated carbocycles. The van der Waals surface area contributed by atoms with Crippen LogP contribution in [0.4, 0.5) is 0 Å². The van der Waals surface area contributed by atoms with Crippen LogP contribution in [0, 0.1) is 0 Å². The summed E-state index contributed by atoms with van der Waals surface area (Å²) in [5.74, 6) is 2.13. The first kappa shape index (κ1) is 19.7. The van der Waals surface area contributed by atoms with Gasteiger partial charge in [-0.1, -0.05) is 43.3 Å². The summed E-state index contributed by atoms with van der Waals surface area (Å²) < 4.78 is 5.22. The van der Waals surface area contributed by atoms with E-state index in [9.17, 15) is 0 Å². The fourth-order valence-electron chi connectivity index (χ4n) is 3.22. The number of nitrogens with zero attached hydrogens (tertiary/aromatic N) is 2. The summed E-state index contributed by atoms with van der Waals surface area (Å²) in [6.45, 7) is 3.71. The molecule has 3 aromatic rings. The van der Waals surface area contributed by atoms with Crippen LogP contribution >= 0.6 is 0 Å². The predicted octanol–water partition coefficient (Wildman–Crippen LogP) is 4.10. The molecule has 3 rings (SSSR count). The number of guanidine groups is 1. The van der Waals surface area contributed by atoms with Gasteiger partial charge < -0.3 is 15.4 Å². The smallest absolute Gasteiger partial charge is 0.191 e. The van der Waals surface area contributed by atoms with Crippen molar-refractivity contribution in [2.24, 2.45) is 4.99 Å². The summed E-state index contributed by atoms with van der Waals surface area (Å²) in [6.07, 6.45) is 2.87. The number of aromatic nitrogens is 1. The summed E-state index contributed by atoms with van der Waals surface area (Å²) in [5, 5.41) is 9.13. The Morgan fingerprint density at radius 2 is 1.86 bits per heavy atom. The Morgan fingerprint density at radius 3 is 2.61 bits per heavy atom. The summed E-state index contributed by atoms with van der Waals surface area (Å²) in [6, 6.07) is 18.6. The number of methoxy groups -OCH3 is 1. The maximum atomic E-state index is 5.22. The minimum Gasteiger partial charge on any atom is -0.497 e. The van der Waals surface area contributed by atoms with Crippen LogP contribution < -0.4 is 15.4 Å². The third-order valence-electron chi connectivity index (χ3n) is 4.96. The van der Waals surface area contributed by atoms with E-state index in [0.717, 1.165) is 30.4 Å². The summed E-state index contributed by atoms with van der Waals surface area (Å²) in [7, 11) is 3.48. The van der Waals surface area contributed by atoms with Gasteiger partial charge in [0.25, 0.3) is 0 Å². The molecule has 146 valence electrons. The quantitative estimate of drug-likeness (QED) is 0.481. The van der Waals surface area contributed by atoms with E-state index in [-0.39, 0.29) is 0 Å². The van der Waals surface area contributed by atoms with Gasteiger partial charge in [-0.2, -0.15) is 0 Å². The Hall–Kier alpha value is -3.08. The van der Waals surface area contributed by atoms with Crippen LogP contribution in [0.15, 0.2) is 65.8 Å². The second-order valence-corrected chi connectivity index (χ2v) is 6.79. The highest BCUT2D eigenvalue weighted by Gasteiger charge is 2.07. The summed E-state index contributed by atoms with van der Waals surface area (Å²) in [4.78, 5) is 8.85. The van der Waals surface area contributed by atoms with Crippen LogP contribution in [-0.4, -0.2) is 31.6 Å². The Balaban J connectivity index is 1.50. The molecule has 0 aliphatic rings. The van der Waals surface area contributed by atoms with Gasteiger partial charge in [-0.25, -0.2) is 0 Å². The lowest BCUT2D eigenvalue weighted by Crippen LogP contribution is -2.37. The fourth-order valence-corrected chi connectivity index (χ4v) is 3.22. The lowest BCUT2D eigenvalue weighted by Gasteiger charge is -2.16. The molecule has 1 atom stereocenters. The number of hydrogen-bond donors (Lipinski definition) is 2. The number of hydrogen-bond acceptors (Lipinski definition) is 3. The number of rotatable bonds is 7. The van der Waals surface area contributed by atoms with Crippen molar-refractivity contribution in [1.82, 2.24) is 15.6 Å². The zero-order chi connectivity index (χ0) is 19.8. The number of fused-ring (bicyclic) bond motifs is 1. The van der Waals surface area contributed by atoms with Crippen LogP contribution in [0.2, 0.25) is 0 Å². The van der Waals surface area contributed by atoms with Crippen molar-refractivity contribution in [3.05, 3.63) is 72.1 Å². The van der Waals surface area contributed by atoms with Crippen LogP contribution in [-0.2, 0) is 6.54 Å². The lowest BCUT2D eigenvalue weighted by molar-refractivity contribution is 0.414. The van der Waals surface area contributed by atoms with Gasteiger partial charge in [0.1, 0.15) is 5.75 Å². The first-order chi connectivity index (χ1) is 13.7. The number of benzene rings is 2. The highest BCUT2D eigenvalue weighted by molar-refractivity contribution is 5.85. The van der Waals surface area contributed by atoms with Gasteiger partial charge in [-0.05, 0) is 41.5 Å². The summed E-state index contributed by atoms with van der Waals surface area (Å²) in [5.41, 5.74) is 2.33. The summed E-state index contributed by atoms with van der Waals surface area (Å²) >= 11 is 0. The molecule has 0 amide bonds. The van der Waals surface area contributed by atoms with Crippen molar-refractivity contribution in [3.8, 4) is 5.75 Å². The molecule has 2 N–H and O–H groups in total. The van der Waals surface area contributed by atoms with Crippen molar-refractivity contribution in [2.45, 2.75) is 25.8 Å². The van der Waals surface area contributed by atoms with E-state index in [1.165, 1.54) is 16.3 Å². The SMILES string of the molecule is CN=C(NCCC(C)c1ccc(OC)cc1)NCc1nccc2ccccc12. The molecule has 28 heavy (non-hydrogen) atoms. The fraction of sp³-hybridized carbons (Fsp3) is 0.304. The minimum absolute atomic E-state index is 0.455. The van der Waals surface area contributed by atoms with E-state index >= 15 is 0 Å². The van der Waals surface area contributed by atoms with E-state index in [1.807, 2.05) is 36.5 Å². The van der Waals surface area contributed by atoms with Crippen molar-refractivity contribution in [2.75, 3.05) is 20.7 Å². The Kier molecular flexibility index (Phi) is 6.84. The molecule has 2 aromatic carbocycles. The van der Waals surface area contributed by atoms with Crippen molar-refractivity contribution in [3.63, 3.8) is 0 Å². The Morgan fingerprint density at radius 1 is 1.07 bits per heavy atom. The molecule has 0 fully saturated rings. The minimum atomic E-state index is 0.455. The maximum absolute atomic E-state index is 5.22. The van der Waals surface area contributed by atoms with Gasteiger partial charge >= 0.3 is 0 Å². The number of ether oxygens (including phenoxy) is 1. The first-order valence-corrected chi connectivity index (χ1v) is 9.62. The first-order valence-electron chi connectivity index (χ1n) is 9.62. The van der Waals surface area contributed by atoms with Crippen molar-refractivity contribution >= 4 is 16.7 Å². The molecular formula is C23H28N4O. The van der Waals surface area contributed by atoms with E-state index in [1.54, 1.807) is 14.2 Å². The lowest BCUT2D eigenvalue weighted by atomic mass is 9.98. The average molecular weight is 377 g/mol. The predicted molar refractivity (Wildman–Crippen MR) is 116 cm³/mol. The molecule has 5 nitrogen and oxygen atoms in total. The van der Waals surface area contributed by atoms with Crippen LogP contribution in [0.25, 0.3) is 10.8 Å². The zero-order valence-corrected chi connectivity index (χ0v) is 16.8. The molecule has 0 aliphatic carbocycles. The topological polar surface area (TPSA) is 58.5 Å². The van der Waals surface area contributed by atoms with Gasteiger partial charge in [0, 0.05) is 25.2 Å². The Bertz CT molecular complexity index is 916. The van der Waals surface area contributed by atoms with Gasteiger partial charge in [-0.3, -0.25) is 9.98 Å². The van der Waals surface area contributed by atoms with E-state index in [2.05, 4.69) is 51.8 Å². The zero-order valence-electron chi connectivity index (χ0n) is 16.8. The maximum Gasteiger partial charge on any atom is 0.191 e. The second kappa shape index (κ2) is 9.74. The standard InChI is InChI=1S/C23H28N4O/c1-17(18-8-10-20(28-3)11-9-18)12-14-26-23(24-2)27-16-22-21-7-5-4-6-19(21)13-15-25-22/h4-11,13,15,17H,12,14,16H2,1-3H3,(H2,24,26,27). The number of pyridine rings is 1. The van der Waals surface area contributed by atoms with Crippen LogP contribution in [0.1, 0.15) is 30.5 Å². The number of nitrogens with one attached hydrogen (secondary N) is 2. The van der Waals surface area contributed by atoms with Gasteiger partial charge in [-0.15, -0.1) is 0 Å². The van der Waals surface area contributed by atoms with Crippen LogP contribution in [0.3, 0.4) is 0 Å². The van der Waals surface area contributed by atoms with Crippen LogP contribution in [0.5, 0.6) is 5.75 Å². The van der Waals surface area contributed by atoms with E-state index in [4.69, 9.17) is 4.74 Å². The molecule has 5 heteroatoms. The third-order valence-corrected chi connectivity index (χ3v) is 4.96. The van der Waals surface area contributed by atoms with Gasteiger partial charge in [0.15, 0.2) is 5.96 Å². The molecule has 0 radical (unpaired) electrons. The van der Waals surface area contributed by atoms with Crippen molar-refractivity contribution in [1.29, 1.82) is 0 Å².